The SMILES string of the molecule is COc1cc(OC)cc(C(=O)N(/N=C/c2ccco2)c2nc3ccc(OC)cc3s2)c1. The number of ether oxygens (including phenoxy) is 3. The molecule has 8 nitrogen and oxygen atoms in total. The van der Waals surface area contributed by atoms with E-state index >= 15 is 0 Å². The molecule has 0 unspecified atom stereocenters. The predicted octanol–water partition coefficient (Wildman–Crippen LogP) is 4.60. The van der Waals surface area contributed by atoms with Crippen LogP contribution >= 0.6 is 11.3 Å². The number of hydrogen-bond acceptors (Lipinski definition) is 8. The molecule has 0 fully saturated rings. The number of methoxy groups -OCH3 is 3. The van der Waals surface area contributed by atoms with E-state index in [9.17, 15) is 4.79 Å². The average molecular weight is 437 g/mol. The molecule has 0 atom stereocenters. The van der Waals surface area contributed by atoms with Crippen molar-refractivity contribution in [3.63, 3.8) is 0 Å². The first kappa shape index (κ1) is 20.4. The van der Waals surface area contributed by atoms with Crippen molar-refractivity contribution >= 4 is 38.8 Å². The summed E-state index contributed by atoms with van der Waals surface area (Å²) in [6, 6.07) is 13.9. The van der Waals surface area contributed by atoms with Crippen molar-refractivity contribution in [2.45, 2.75) is 0 Å². The fraction of sp³-hybridized carbons (Fsp3) is 0.136. The third-order valence-electron chi connectivity index (χ3n) is 4.40. The number of hydrogen-bond donors (Lipinski definition) is 0. The Morgan fingerprint density at radius 1 is 1.03 bits per heavy atom. The third-order valence-corrected chi connectivity index (χ3v) is 5.39. The predicted molar refractivity (Wildman–Crippen MR) is 119 cm³/mol. The number of rotatable bonds is 7. The first-order valence-corrected chi connectivity index (χ1v) is 10.0. The van der Waals surface area contributed by atoms with Gasteiger partial charge in [0.15, 0.2) is 0 Å². The van der Waals surface area contributed by atoms with Crippen LogP contribution < -0.4 is 19.2 Å². The second-order valence-corrected chi connectivity index (χ2v) is 7.32. The lowest BCUT2D eigenvalue weighted by Gasteiger charge is -2.15. The summed E-state index contributed by atoms with van der Waals surface area (Å²) in [6.07, 6.45) is 2.99. The molecule has 31 heavy (non-hydrogen) atoms. The van der Waals surface area contributed by atoms with E-state index in [1.807, 2.05) is 18.2 Å². The number of benzene rings is 2. The summed E-state index contributed by atoms with van der Waals surface area (Å²) >= 11 is 1.32. The van der Waals surface area contributed by atoms with Crippen LogP contribution in [-0.2, 0) is 0 Å². The maximum atomic E-state index is 13.5. The van der Waals surface area contributed by atoms with E-state index in [0.29, 0.717) is 33.7 Å². The Bertz CT molecular complexity index is 1210. The van der Waals surface area contributed by atoms with Gasteiger partial charge in [-0.2, -0.15) is 10.1 Å². The van der Waals surface area contributed by atoms with Crippen molar-refractivity contribution in [1.82, 2.24) is 4.98 Å². The van der Waals surface area contributed by atoms with Gasteiger partial charge in [0.1, 0.15) is 23.0 Å². The van der Waals surface area contributed by atoms with Crippen LogP contribution in [0.1, 0.15) is 16.1 Å². The Kier molecular flexibility index (Phi) is 5.85. The number of hydrazone groups is 1. The van der Waals surface area contributed by atoms with Gasteiger partial charge in [0.05, 0.1) is 44.0 Å². The van der Waals surface area contributed by atoms with Crippen LogP contribution in [0.15, 0.2) is 64.3 Å². The molecule has 4 rings (SSSR count). The molecule has 0 aliphatic rings. The minimum Gasteiger partial charge on any atom is -0.497 e. The maximum Gasteiger partial charge on any atom is 0.281 e. The number of carbonyl (C=O) groups excluding carboxylic acids is 1. The van der Waals surface area contributed by atoms with Gasteiger partial charge in [0.25, 0.3) is 5.91 Å². The zero-order valence-corrected chi connectivity index (χ0v) is 17.9. The van der Waals surface area contributed by atoms with Gasteiger partial charge in [-0.3, -0.25) is 4.79 Å². The molecule has 0 bridgehead atoms. The van der Waals surface area contributed by atoms with Crippen LogP contribution in [0, 0.1) is 0 Å². The Morgan fingerprint density at radius 2 is 1.77 bits per heavy atom. The summed E-state index contributed by atoms with van der Waals surface area (Å²) in [5.41, 5.74) is 1.07. The number of furan rings is 1. The van der Waals surface area contributed by atoms with E-state index in [1.54, 1.807) is 37.4 Å². The Morgan fingerprint density at radius 3 is 2.42 bits per heavy atom. The molecule has 2 aromatic carbocycles. The molecule has 1 amide bonds. The monoisotopic (exact) mass is 437 g/mol. The molecule has 0 saturated carbocycles. The topological polar surface area (TPSA) is 86.4 Å². The fourth-order valence-corrected chi connectivity index (χ4v) is 3.78. The second-order valence-electron chi connectivity index (χ2n) is 6.31. The largest absolute Gasteiger partial charge is 0.497 e. The summed E-state index contributed by atoms with van der Waals surface area (Å²) in [7, 11) is 4.65. The summed E-state index contributed by atoms with van der Waals surface area (Å²) in [5, 5.41) is 5.99. The van der Waals surface area contributed by atoms with Gasteiger partial charge in [-0.05, 0) is 42.5 Å². The highest BCUT2D eigenvalue weighted by molar-refractivity contribution is 7.22. The van der Waals surface area contributed by atoms with E-state index in [2.05, 4.69) is 10.1 Å². The number of thiazole rings is 1. The minimum atomic E-state index is -0.397. The Balaban J connectivity index is 1.78. The van der Waals surface area contributed by atoms with Gasteiger partial charge in [-0.15, -0.1) is 0 Å². The van der Waals surface area contributed by atoms with Crippen LogP contribution in [0.4, 0.5) is 5.13 Å². The first-order valence-electron chi connectivity index (χ1n) is 9.21. The fourth-order valence-electron chi connectivity index (χ4n) is 2.83. The van der Waals surface area contributed by atoms with E-state index in [-0.39, 0.29) is 0 Å². The maximum absolute atomic E-state index is 13.5. The number of anilines is 1. The van der Waals surface area contributed by atoms with Crippen molar-refractivity contribution < 1.29 is 23.4 Å². The van der Waals surface area contributed by atoms with Gasteiger partial charge < -0.3 is 18.6 Å². The van der Waals surface area contributed by atoms with Gasteiger partial charge in [-0.25, -0.2) is 4.98 Å². The van der Waals surface area contributed by atoms with Crippen molar-refractivity contribution in [2.24, 2.45) is 5.10 Å². The molecule has 0 spiro atoms. The molecule has 0 radical (unpaired) electrons. The van der Waals surface area contributed by atoms with E-state index in [0.717, 1.165) is 10.2 Å². The summed E-state index contributed by atoms with van der Waals surface area (Å²) < 4.78 is 22.0. The molecule has 4 aromatic rings. The van der Waals surface area contributed by atoms with Gasteiger partial charge in [-0.1, -0.05) is 11.3 Å². The third kappa shape index (κ3) is 4.36. The van der Waals surface area contributed by atoms with E-state index < -0.39 is 5.91 Å². The molecule has 2 heterocycles. The number of amides is 1. The molecule has 0 aliphatic carbocycles. The highest BCUT2D eigenvalue weighted by Gasteiger charge is 2.23. The molecule has 0 N–H and O–H groups in total. The molecule has 0 saturated heterocycles. The quantitative estimate of drug-likeness (QED) is 0.310. The average Bonchev–Trinajstić information content (AvgIpc) is 3.47. The lowest BCUT2D eigenvalue weighted by Crippen LogP contribution is -2.25. The van der Waals surface area contributed by atoms with Gasteiger partial charge in [0.2, 0.25) is 5.13 Å². The van der Waals surface area contributed by atoms with Crippen molar-refractivity contribution in [3.05, 3.63) is 66.1 Å². The van der Waals surface area contributed by atoms with Crippen LogP contribution in [0.5, 0.6) is 17.2 Å². The molecule has 158 valence electrons. The lowest BCUT2D eigenvalue weighted by atomic mass is 10.2. The second kappa shape index (κ2) is 8.88. The van der Waals surface area contributed by atoms with Crippen molar-refractivity contribution in [2.75, 3.05) is 26.3 Å². The summed E-state index contributed by atoms with van der Waals surface area (Å²) in [4.78, 5) is 18.0. The molecule has 2 aromatic heterocycles. The summed E-state index contributed by atoms with van der Waals surface area (Å²) in [5.74, 6) is 1.80. The van der Waals surface area contributed by atoms with E-state index in [4.69, 9.17) is 18.6 Å². The lowest BCUT2D eigenvalue weighted by molar-refractivity contribution is 0.0987. The molecular formula is C22H19N3O5S. The van der Waals surface area contributed by atoms with Crippen LogP contribution in [0.25, 0.3) is 10.2 Å². The Labute approximate surface area is 182 Å². The minimum absolute atomic E-state index is 0.338. The smallest absolute Gasteiger partial charge is 0.281 e. The number of nitrogens with zero attached hydrogens (tertiary/aromatic N) is 3. The highest BCUT2D eigenvalue weighted by atomic mass is 32.1. The molecule has 0 aliphatic heterocycles. The number of fused-ring (bicyclic) bond motifs is 1. The molecule has 9 heteroatoms. The van der Waals surface area contributed by atoms with Gasteiger partial charge >= 0.3 is 0 Å². The zero-order valence-electron chi connectivity index (χ0n) is 17.1. The van der Waals surface area contributed by atoms with Crippen molar-refractivity contribution in [1.29, 1.82) is 0 Å². The van der Waals surface area contributed by atoms with Crippen LogP contribution in [-0.4, -0.2) is 38.4 Å². The van der Waals surface area contributed by atoms with Crippen LogP contribution in [0.3, 0.4) is 0 Å². The Hall–Kier alpha value is -3.85. The van der Waals surface area contributed by atoms with Crippen LogP contribution in [0.2, 0.25) is 0 Å². The van der Waals surface area contributed by atoms with E-state index in [1.165, 1.54) is 43.0 Å². The number of carbonyl (C=O) groups is 1. The van der Waals surface area contributed by atoms with Gasteiger partial charge in [0, 0.05) is 11.6 Å². The first-order chi connectivity index (χ1) is 15.1. The molecular weight excluding hydrogens is 418 g/mol. The number of aromatic nitrogens is 1. The standard InChI is InChI=1S/C22H19N3O5S/c1-27-15-6-7-19-20(12-15)31-22(24-19)25(23-13-16-5-4-8-30-16)21(26)14-9-17(28-2)11-18(10-14)29-3/h4-13H,1-3H3/b23-13+. The zero-order chi connectivity index (χ0) is 21.8. The normalized spacial score (nSPS) is 11.1. The highest BCUT2D eigenvalue weighted by Crippen LogP contribution is 2.33. The summed E-state index contributed by atoms with van der Waals surface area (Å²) in [6.45, 7) is 0. The van der Waals surface area contributed by atoms with Crippen molar-refractivity contribution in [3.8, 4) is 17.2 Å².